The van der Waals surface area contributed by atoms with E-state index < -0.39 is 0 Å². The van der Waals surface area contributed by atoms with Gasteiger partial charge in [0.25, 0.3) is 5.91 Å². The maximum absolute atomic E-state index is 12.8. The summed E-state index contributed by atoms with van der Waals surface area (Å²) in [4.78, 5) is 18.8. The third-order valence-electron chi connectivity index (χ3n) is 4.59. The van der Waals surface area contributed by atoms with Crippen molar-refractivity contribution < 1.29 is 14.1 Å². The van der Waals surface area contributed by atoms with Crippen LogP contribution in [0.15, 0.2) is 27.3 Å². The fourth-order valence-electron chi connectivity index (χ4n) is 3.33. The zero-order chi connectivity index (χ0) is 16.5. The van der Waals surface area contributed by atoms with Gasteiger partial charge in [-0.3, -0.25) is 4.79 Å². The molecule has 3 heterocycles. The maximum Gasteiger partial charge on any atom is 0.276 e. The number of fused-ring (bicyclic) bond motifs is 1. The average Bonchev–Trinajstić information content (AvgIpc) is 3.23. The summed E-state index contributed by atoms with van der Waals surface area (Å²) < 4.78 is 12.1. The summed E-state index contributed by atoms with van der Waals surface area (Å²) in [6.45, 7) is 1.21. The van der Waals surface area contributed by atoms with Gasteiger partial charge in [-0.1, -0.05) is 5.16 Å². The molecular weight excluding hydrogens is 374 g/mol. The summed E-state index contributed by atoms with van der Waals surface area (Å²) in [6.07, 6.45) is 6.39. The first kappa shape index (κ1) is 15.6. The number of hydrogen-bond donors (Lipinski definition) is 0. The lowest BCUT2D eigenvalue weighted by atomic mass is 9.96. The summed E-state index contributed by atoms with van der Waals surface area (Å²) in [5.41, 5.74) is 1.49. The van der Waals surface area contributed by atoms with Crippen LogP contribution in [0.25, 0.3) is 0 Å². The Kier molecular flexibility index (Phi) is 4.26. The van der Waals surface area contributed by atoms with Crippen molar-refractivity contribution >= 4 is 21.8 Å². The van der Waals surface area contributed by atoms with E-state index in [9.17, 15) is 4.79 Å². The predicted molar refractivity (Wildman–Crippen MR) is 90.0 cm³/mol. The van der Waals surface area contributed by atoms with Crippen molar-refractivity contribution in [2.75, 3.05) is 13.1 Å². The topological polar surface area (TPSA) is 68.5 Å². The summed E-state index contributed by atoms with van der Waals surface area (Å²) in [6, 6.07) is 3.73. The highest BCUT2D eigenvalue weighted by molar-refractivity contribution is 9.10. The second-order valence-corrected chi connectivity index (χ2v) is 7.06. The minimum absolute atomic E-state index is 0.0481. The smallest absolute Gasteiger partial charge is 0.276 e. The molecule has 1 fully saturated rings. The monoisotopic (exact) mass is 391 g/mol. The van der Waals surface area contributed by atoms with Crippen LogP contribution in [0.2, 0.25) is 0 Å². The Bertz CT molecular complexity index is 761. The summed E-state index contributed by atoms with van der Waals surface area (Å²) >= 11 is 3.43. The van der Waals surface area contributed by atoms with E-state index >= 15 is 0 Å². The molecule has 2 aromatic heterocycles. The first-order valence-electron chi connectivity index (χ1n) is 8.26. The van der Waals surface area contributed by atoms with Gasteiger partial charge in [0.05, 0.1) is 11.0 Å². The molecule has 7 heteroatoms. The highest BCUT2D eigenvalue weighted by Crippen LogP contribution is 2.28. The molecule has 2 aliphatic rings. The molecule has 0 radical (unpaired) electrons. The van der Waals surface area contributed by atoms with Gasteiger partial charge in [-0.15, -0.1) is 0 Å². The number of pyridine rings is 1. The van der Waals surface area contributed by atoms with Crippen LogP contribution in [0.1, 0.15) is 41.1 Å². The van der Waals surface area contributed by atoms with Crippen LogP contribution in [0.5, 0.6) is 5.88 Å². The number of halogens is 1. The van der Waals surface area contributed by atoms with E-state index in [-0.39, 0.29) is 12.0 Å². The number of aromatic nitrogens is 2. The fourth-order valence-corrected chi connectivity index (χ4v) is 3.68. The summed E-state index contributed by atoms with van der Waals surface area (Å²) in [7, 11) is 0. The molecule has 1 aliphatic carbocycles. The zero-order valence-electron chi connectivity index (χ0n) is 13.2. The summed E-state index contributed by atoms with van der Waals surface area (Å²) in [5.74, 6) is 1.40. The van der Waals surface area contributed by atoms with Crippen LogP contribution < -0.4 is 4.74 Å². The highest BCUT2D eigenvalue weighted by Gasteiger charge is 2.33. The van der Waals surface area contributed by atoms with E-state index in [4.69, 9.17) is 9.26 Å². The number of aryl methyl sites for hydroxylation is 1. The first-order valence-corrected chi connectivity index (χ1v) is 9.05. The van der Waals surface area contributed by atoms with Crippen molar-refractivity contribution in [2.45, 2.75) is 38.2 Å². The molecule has 1 aliphatic heterocycles. The van der Waals surface area contributed by atoms with Crippen LogP contribution in [-0.4, -0.2) is 40.1 Å². The molecule has 1 unspecified atom stereocenters. The SMILES string of the molecule is O=C(c1noc2c1CCCC2)N1CCC(Oc2ncccc2Br)C1. The van der Waals surface area contributed by atoms with Gasteiger partial charge in [-0.05, 0) is 47.3 Å². The van der Waals surface area contributed by atoms with Crippen LogP contribution in [0.4, 0.5) is 0 Å². The van der Waals surface area contributed by atoms with Gasteiger partial charge in [0.1, 0.15) is 11.9 Å². The number of nitrogens with zero attached hydrogens (tertiary/aromatic N) is 3. The standard InChI is InChI=1S/C17H18BrN3O3/c18-13-5-3-8-19-16(13)23-11-7-9-21(10-11)17(22)15-12-4-1-2-6-14(12)24-20-15/h3,5,8,11H,1-2,4,6-7,9-10H2. The number of carbonyl (C=O) groups is 1. The molecule has 6 nitrogen and oxygen atoms in total. The van der Waals surface area contributed by atoms with Gasteiger partial charge >= 0.3 is 0 Å². The lowest BCUT2D eigenvalue weighted by Gasteiger charge is -2.17. The van der Waals surface area contributed by atoms with Crippen molar-refractivity contribution in [1.82, 2.24) is 15.0 Å². The molecule has 126 valence electrons. The lowest BCUT2D eigenvalue weighted by molar-refractivity contribution is 0.0760. The van der Waals surface area contributed by atoms with Crippen molar-refractivity contribution in [2.24, 2.45) is 0 Å². The molecule has 1 amide bonds. The Morgan fingerprint density at radius 3 is 3.12 bits per heavy atom. The molecule has 2 aromatic rings. The normalized spacial score (nSPS) is 20.0. The van der Waals surface area contributed by atoms with Gasteiger partial charge in [0.15, 0.2) is 5.69 Å². The van der Waals surface area contributed by atoms with Gasteiger partial charge in [-0.25, -0.2) is 4.98 Å². The number of ether oxygens (including phenoxy) is 1. The molecule has 4 rings (SSSR count). The molecule has 0 aromatic carbocycles. The number of rotatable bonds is 3. The second-order valence-electron chi connectivity index (χ2n) is 6.21. The third-order valence-corrected chi connectivity index (χ3v) is 5.19. The van der Waals surface area contributed by atoms with Crippen LogP contribution in [0, 0.1) is 0 Å². The van der Waals surface area contributed by atoms with Crippen molar-refractivity contribution in [3.8, 4) is 5.88 Å². The molecule has 0 spiro atoms. The summed E-state index contributed by atoms with van der Waals surface area (Å²) in [5, 5.41) is 4.04. The van der Waals surface area contributed by atoms with Crippen molar-refractivity contribution in [1.29, 1.82) is 0 Å². The molecule has 0 saturated carbocycles. The van der Waals surface area contributed by atoms with E-state index in [1.54, 1.807) is 11.1 Å². The minimum Gasteiger partial charge on any atom is -0.472 e. The van der Waals surface area contributed by atoms with Gasteiger partial charge in [0, 0.05) is 31.1 Å². The number of likely N-dealkylation sites (tertiary alicyclic amines) is 1. The Labute approximate surface area is 148 Å². The van der Waals surface area contributed by atoms with Crippen molar-refractivity contribution in [3.63, 3.8) is 0 Å². The minimum atomic E-state index is -0.0529. The molecule has 0 bridgehead atoms. The van der Waals surface area contributed by atoms with E-state index in [2.05, 4.69) is 26.1 Å². The Morgan fingerprint density at radius 1 is 1.38 bits per heavy atom. The first-order chi connectivity index (χ1) is 11.7. The van der Waals surface area contributed by atoms with E-state index in [1.807, 2.05) is 12.1 Å². The quantitative estimate of drug-likeness (QED) is 0.804. The zero-order valence-corrected chi connectivity index (χ0v) is 14.8. The molecule has 1 atom stereocenters. The molecule has 24 heavy (non-hydrogen) atoms. The Balaban J connectivity index is 1.44. The van der Waals surface area contributed by atoms with E-state index in [1.165, 1.54) is 0 Å². The van der Waals surface area contributed by atoms with Gasteiger partial charge < -0.3 is 14.2 Å². The number of carbonyl (C=O) groups excluding carboxylic acids is 1. The Hall–Kier alpha value is -1.89. The predicted octanol–water partition coefficient (Wildman–Crippen LogP) is 3.00. The van der Waals surface area contributed by atoms with Crippen molar-refractivity contribution in [3.05, 3.63) is 39.8 Å². The second kappa shape index (κ2) is 6.55. The maximum atomic E-state index is 12.8. The highest BCUT2D eigenvalue weighted by atomic mass is 79.9. The van der Waals surface area contributed by atoms with E-state index in [0.29, 0.717) is 24.7 Å². The van der Waals surface area contributed by atoms with Gasteiger partial charge in [0.2, 0.25) is 5.88 Å². The number of hydrogen-bond acceptors (Lipinski definition) is 5. The fraction of sp³-hybridized carbons (Fsp3) is 0.471. The molecular formula is C17H18BrN3O3. The average molecular weight is 392 g/mol. The van der Waals surface area contributed by atoms with E-state index in [0.717, 1.165) is 47.9 Å². The third kappa shape index (κ3) is 2.92. The van der Waals surface area contributed by atoms with Crippen LogP contribution in [-0.2, 0) is 12.8 Å². The molecule has 1 saturated heterocycles. The number of amides is 1. The largest absolute Gasteiger partial charge is 0.472 e. The lowest BCUT2D eigenvalue weighted by Crippen LogP contribution is -2.32. The Morgan fingerprint density at radius 2 is 2.25 bits per heavy atom. The van der Waals surface area contributed by atoms with Crippen LogP contribution >= 0.6 is 15.9 Å². The van der Waals surface area contributed by atoms with Crippen LogP contribution in [0.3, 0.4) is 0 Å². The molecule has 0 N–H and O–H groups in total. The van der Waals surface area contributed by atoms with Gasteiger partial charge in [-0.2, -0.15) is 0 Å².